The lowest BCUT2D eigenvalue weighted by Gasteiger charge is -2.10. The second-order valence-electron chi connectivity index (χ2n) is 6.28. The molecule has 0 aliphatic carbocycles. The van der Waals surface area contributed by atoms with Crippen molar-refractivity contribution in [3.63, 3.8) is 0 Å². The molecule has 0 spiro atoms. The topological polar surface area (TPSA) is 77.6 Å². The molecule has 8 heteroatoms. The van der Waals surface area contributed by atoms with Gasteiger partial charge in [-0.05, 0) is 48.9 Å². The summed E-state index contributed by atoms with van der Waals surface area (Å²) >= 11 is 3.45. The zero-order valence-corrected chi connectivity index (χ0v) is 16.9. The summed E-state index contributed by atoms with van der Waals surface area (Å²) in [7, 11) is 1.82. The zero-order valence-electron chi connectivity index (χ0n) is 15.3. The Balaban J connectivity index is 1.62. The van der Waals surface area contributed by atoms with Crippen LogP contribution in [0.5, 0.6) is 0 Å². The number of benzene rings is 2. The quantitative estimate of drug-likeness (QED) is 0.524. The molecule has 0 radical (unpaired) electrons. The maximum absolute atomic E-state index is 12.8. The van der Waals surface area contributed by atoms with Gasteiger partial charge < -0.3 is 5.32 Å². The Hall–Kier alpha value is -3.26. The van der Waals surface area contributed by atoms with Gasteiger partial charge in [-0.3, -0.25) is 9.48 Å². The highest BCUT2D eigenvalue weighted by atomic mass is 79.9. The lowest BCUT2D eigenvalue weighted by atomic mass is 10.1. The molecule has 0 atom stereocenters. The molecule has 140 valence electrons. The molecule has 0 saturated carbocycles. The first-order chi connectivity index (χ1) is 13.5. The Morgan fingerprint density at radius 1 is 1.07 bits per heavy atom. The molecule has 0 aliphatic rings. The van der Waals surface area contributed by atoms with E-state index in [0.29, 0.717) is 11.4 Å². The number of hydrogen-bond acceptors (Lipinski definition) is 4. The van der Waals surface area contributed by atoms with Crippen molar-refractivity contribution in [3.05, 3.63) is 76.9 Å². The molecule has 2 heterocycles. The highest BCUT2D eigenvalue weighted by Gasteiger charge is 2.18. The van der Waals surface area contributed by atoms with E-state index in [1.165, 1.54) is 6.33 Å². The van der Waals surface area contributed by atoms with Crippen molar-refractivity contribution in [1.82, 2.24) is 24.5 Å². The molecule has 1 N–H and O–H groups in total. The van der Waals surface area contributed by atoms with Crippen molar-refractivity contribution < 1.29 is 4.79 Å². The van der Waals surface area contributed by atoms with Crippen LogP contribution in [0, 0.1) is 6.92 Å². The first kappa shape index (κ1) is 18.1. The van der Waals surface area contributed by atoms with Crippen LogP contribution in [-0.4, -0.2) is 30.5 Å². The highest BCUT2D eigenvalue weighted by molar-refractivity contribution is 9.10. The molecule has 2 aromatic heterocycles. The van der Waals surface area contributed by atoms with Crippen LogP contribution in [0.4, 0.5) is 5.82 Å². The molecule has 4 rings (SSSR count). The molecule has 0 unspecified atom stereocenters. The summed E-state index contributed by atoms with van der Waals surface area (Å²) in [6, 6.07) is 15.1. The summed E-state index contributed by atoms with van der Waals surface area (Å²) in [5.74, 6) is 0.455. The van der Waals surface area contributed by atoms with E-state index in [0.717, 1.165) is 27.0 Å². The van der Waals surface area contributed by atoms with Gasteiger partial charge in [0, 0.05) is 22.6 Å². The van der Waals surface area contributed by atoms with Crippen molar-refractivity contribution in [2.45, 2.75) is 6.92 Å². The zero-order chi connectivity index (χ0) is 19.7. The van der Waals surface area contributed by atoms with Crippen molar-refractivity contribution in [1.29, 1.82) is 0 Å². The molecule has 0 bridgehead atoms. The summed E-state index contributed by atoms with van der Waals surface area (Å²) in [6.07, 6.45) is 3.08. The second-order valence-corrected chi connectivity index (χ2v) is 7.20. The maximum Gasteiger partial charge on any atom is 0.256 e. The molecule has 0 fully saturated rings. The van der Waals surface area contributed by atoms with Gasteiger partial charge in [-0.1, -0.05) is 28.1 Å². The largest absolute Gasteiger partial charge is 0.306 e. The normalized spacial score (nSPS) is 10.8. The summed E-state index contributed by atoms with van der Waals surface area (Å²) in [4.78, 5) is 16.7. The van der Waals surface area contributed by atoms with Crippen LogP contribution < -0.4 is 5.32 Å². The van der Waals surface area contributed by atoms with Crippen LogP contribution in [-0.2, 0) is 7.05 Å². The van der Waals surface area contributed by atoms with Crippen LogP contribution in [0.1, 0.15) is 16.1 Å². The number of aromatic nitrogens is 5. The van der Waals surface area contributed by atoms with E-state index in [4.69, 9.17) is 0 Å². The number of rotatable bonds is 4. The molecular weight excluding hydrogens is 420 g/mol. The van der Waals surface area contributed by atoms with Crippen molar-refractivity contribution in [3.8, 4) is 16.8 Å². The van der Waals surface area contributed by atoms with E-state index >= 15 is 0 Å². The van der Waals surface area contributed by atoms with Crippen molar-refractivity contribution in [2.24, 2.45) is 7.05 Å². The molecule has 0 aliphatic heterocycles. The van der Waals surface area contributed by atoms with E-state index in [-0.39, 0.29) is 5.91 Å². The Morgan fingerprint density at radius 2 is 1.79 bits per heavy atom. The van der Waals surface area contributed by atoms with E-state index in [2.05, 4.69) is 36.4 Å². The molecule has 1 amide bonds. The number of carbonyl (C=O) groups excluding carboxylic acids is 1. The Labute approximate surface area is 170 Å². The fraction of sp³-hybridized carbons (Fsp3) is 0.100. The number of amides is 1. The van der Waals surface area contributed by atoms with Crippen LogP contribution in [0.15, 0.2) is 65.7 Å². The lowest BCUT2D eigenvalue weighted by Crippen LogP contribution is -2.15. The number of halogens is 1. The van der Waals surface area contributed by atoms with Gasteiger partial charge in [0.15, 0.2) is 0 Å². The van der Waals surface area contributed by atoms with Crippen molar-refractivity contribution in [2.75, 3.05) is 5.32 Å². The first-order valence-corrected chi connectivity index (χ1v) is 9.38. The molecule has 0 saturated heterocycles. The van der Waals surface area contributed by atoms with E-state index in [9.17, 15) is 4.79 Å². The fourth-order valence-corrected chi connectivity index (χ4v) is 3.31. The minimum Gasteiger partial charge on any atom is -0.306 e. The summed E-state index contributed by atoms with van der Waals surface area (Å²) < 4.78 is 4.32. The molecule has 28 heavy (non-hydrogen) atoms. The molecule has 7 nitrogen and oxygen atoms in total. The van der Waals surface area contributed by atoms with Crippen LogP contribution in [0.2, 0.25) is 0 Å². The van der Waals surface area contributed by atoms with Gasteiger partial charge in [0.25, 0.3) is 5.91 Å². The van der Waals surface area contributed by atoms with Gasteiger partial charge >= 0.3 is 0 Å². The fourth-order valence-electron chi connectivity index (χ4n) is 3.05. The van der Waals surface area contributed by atoms with Gasteiger partial charge in [0.05, 0.1) is 11.4 Å². The van der Waals surface area contributed by atoms with Gasteiger partial charge in [0.2, 0.25) is 0 Å². The predicted molar refractivity (Wildman–Crippen MR) is 110 cm³/mol. The number of nitrogens with one attached hydrogen (secondary N) is 1. The number of hydrogen-bond donors (Lipinski definition) is 1. The third kappa shape index (κ3) is 3.46. The van der Waals surface area contributed by atoms with Gasteiger partial charge in [-0.15, -0.1) is 0 Å². The Kier molecular flexibility index (Phi) is 4.79. The maximum atomic E-state index is 12.8. The summed E-state index contributed by atoms with van der Waals surface area (Å²) in [5, 5.41) is 11.6. The average molecular weight is 437 g/mol. The molecular formula is C20H17BrN6O. The SMILES string of the molecule is Cc1nn(C)c(NC(=O)c2ccc(-n3cncn3)cc2)c1-c1ccc(Br)cc1. The van der Waals surface area contributed by atoms with Gasteiger partial charge in [-0.2, -0.15) is 10.2 Å². The highest BCUT2D eigenvalue weighted by Crippen LogP contribution is 2.32. The third-order valence-corrected chi connectivity index (χ3v) is 4.93. The monoisotopic (exact) mass is 436 g/mol. The molecule has 4 aromatic rings. The summed E-state index contributed by atoms with van der Waals surface area (Å²) in [5.41, 5.74) is 4.13. The van der Waals surface area contributed by atoms with E-state index in [1.54, 1.807) is 27.8 Å². The molecule has 2 aromatic carbocycles. The van der Waals surface area contributed by atoms with E-state index < -0.39 is 0 Å². The predicted octanol–water partition coefficient (Wildman–Crippen LogP) is 3.99. The minimum atomic E-state index is -0.202. The second kappa shape index (κ2) is 7.40. The van der Waals surface area contributed by atoms with Gasteiger partial charge in [0.1, 0.15) is 18.5 Å². The van der Waals surface area contributed by atoms with E-state index in [1.807, 2.05) is 50.4 Å². The number of anilines is 1. The van der Waals surface area contributed by atoms with Crippen LogP contribution in [0.25, 0.3) is 16.8 Å². The number of carbonyl (C=O) groups is 1. The standard InChI is InChI=1S/C20H17BrN6O/c1-13-18(14-3-7-16(21)8-4-14)19(26(2)25-13)24-20(28)15-5-9-17(10-6-15)27-12-22-11-23-27/h3-12H,1-2H3,(H,24,28). The minimum absolute atomic E-state index is 0.202. The smallest absolute Gasteiger partial charge is 0.256 e. The first-order valence-electron chi connectivity index (χ1n) is 8.59. The average Bonchev–Trinajstić information content (AvgIpc) is 3.32. The van der Waals surface area contributed by atoms with Crippen molar-refractivity contribution >= 4 is 27.7 Å². The summed E-state index contributed by atoms with van der Waals surface area (Å²) in [6.45, 7) is 1.93. The van der Waals surface area contributed by atoms with Gasteiger partial charge in [-0.25, -0.2) is 9.67 Å². The number of nitrogens with zero attached hydrogens (tertiary/aromatic N) is 5. The lowest BCUT2D eigenvalue weighted by molar-refractivity contribution is 0.102. The van der Waals surface area contributed by atoms with Crippen LogP contribution >= 0.6 is 15.9 Å². The Morgan fingerprint density at radius 3 is 2.43 bits per heavy atom. The number of aryl methyl sites for hydroxylation is 2. The third-order valence-electron chi connectivity index (χ3n) is 4.40. The van der Waals surface area contributed by atoms with Crippen LogP contribution in [0.3, 0.4) is 0 Å². The Bertz CT molecular complexity index is 1110.